The first kappa shape index (κ1) is 58.5. The molecule has 354 valence electrons. The Morgan fingerprint density at radius 1 is 0.500 bits per heavy atom. The molecule has 0 aliphatic heterocycles. The van der Waals surface area contributed by atoms with Gasteiger partial charge in [-0.3, -0.25) is 14.2 Å². The van der Waals surface area contributed by atoms with Crippen LogP contribution in [0.15, 0.2) is 24.3 Å². The van der Waals surface area contributed by atoms with E-state index in [1.54, 1.807) is 0 Å². The molecule has 0 fully saturated rings. The van der Waals surface area contributed by atoms with Crippen LogP contribution >= 0.6 is 7.60 Å². The lowest BCUT2D eigenvalue weighted by Gasteiger charge is -2.35. The average molecular weight is 869 g/mol. The molecule has 0 aliphatic rings. The lowest BCUT2D eigenvalue weighted by molar-refractivity contribution is -0.883. The molecule has 3 atom stereocenters. The molecular weight excluding hydrogens is 770 g/mol. The van der Waals surface area contributed by atoms with Gasteiger partial charge in [0.25, 0.3) is 0 Å². The van der Waals surface area contributed by atoms with Gasteiger partial charge in [-0.05, 0) is 64.2 Å². The van der Waals surface area contributed by atoms with Crippen molar-refractivity contribution in [1.82, 2.24) is 0 Å². The molecule has 9 heteroatoms. The molecule has 0 saturated heterocycles. The summed E-state index contributed by atoms with van der Waals surface area (Å²) in [6, 6.07) is 0. The first-order valence-corrected chi connectivity index (χ1v) is 27.1. The summed E-state index contributed by atoms with van der Waals surface area (Å²) in [5, 5.41) is 0. The van der Waals surface area contributed by atoms with Gasteiger partial charge in [-0.1, -0.05) is 186 Å². The minimum Gasteiger partial charge on any atom is -0.462 e. The van der Waals surface area contributed by atoms with E-state index in [2.05, 4.69) is 38.2 Å². The van der Waals surface area contributed by atoms with E-state index in [-0.39, 0.29) is 30.1 Å². The van der Waals surface area contributed by atoms with Crippen molar-refractivity contribution in [3.63, 3.8) is 0 Å². The Kier molecular flexibility index (Phi) is 40.5. The van der Waals surface area contributed by atoms with Gasteiger partial charge in [0.05, 0.1) is 27.7 Å². The summed E-state index contributed by atoms with van der Waals surface area (Å²) < 4.78 is 30.2. The third kappa shape index (κ3) is 38.2. The molecule has 0 amide bonds. The normalized spacial score (nSPS) is 14.2. The second kappa shape index (κ2) is 41.5. The zero-order chi connectivity index (χ0) is 44.4. The van der Waals surface area contributed by atoms with Crippen molar-refractivity contribution in [1.29, 1.82) is 0 Å². The summed E-state index contributed by atoms with van der Waals surface area (Å²) in [5.41, 5.74) is 0. The minimum absolute atomic E-state index is 0.186. The van der Waals surface area contributed by atoms with Crippen molar-refractivity contribution in [3.05, 3.63) is 24.3 Å². The molecule has 0 spiro atoms. The van der Waals surface area contributed by atoms with Crippen LogP contribution in [-0.2, 0) is 28.2 Å². The van der Waals surface area contributed by atoms with E-state index in [0.29, 0.717) is 12.8 Å². The number of quaternary nitrogens is 1. The topological polar surface area (TPSA) is 99.1 Å². The molecule has 0 saturated carbocycles. The molecule has 0 heterocycles. The van der Waals surface area contributed by atoms with E-state index in [1.807, 2.05) is 28.1 Å². The number of rotatable bonds is 45. The van der Waals surface area contributed by atoms with Crippen LogP contribution in [0.5, 0.6) is 0 Å². The predicted molar refractivity (Wildman–Crippen MR) is 255 cm³/mol. The second-order valence-electron chi connectivity index (χ2n) is 18.4. The maximum atomic E-state index is 13.2. The van der Waals surface area contributed by atoms with Crippen molar-refractivity contribution >= 4 is 19.5 Å². The van der Waals surface area contributed by atoms with Crippen LogP contribution in [0.1, 0.15) is 245 Å². The summed E-state index contributed by atoms with van der Waals surface area (Å²) in [5.74, 6) is -1.37. The molecule has 0 radical (unpaired) electrons. The van der Waals surface area contributed by atoms with Crippen LogP contribution < -0.4 is 0 Å². The number of esters is 2. The van der Waals surface area contributed by atoms with Crippen molar-refractivity contribution in [2.24, 2.45) is 0 Å². The Bertz CT molecular complexity index is 1090. The number of carbonyl (C=O) groups is 2. The number of ether oxygens (including phenoxy) is 2. The van der Waals surface area contributed by atoms with Gasteiger partial charge in [0, 0.05) is 19.3 Å². The lowest BCUT2D eigenvalue weighted by atomic mass is 10.0. The van der Waals surface area contributed by atoms with Gasteiger partial charge in [-0.15, -0.1) is 0 Å². The third-order valence-corrected chi connectivity index (χ3v) is 13.9. The Morgan fingerprint density at radius 3 is 1.18 bits per heavy atom. The van der Waals surface area contributed by atoms with Crippen LogP contribution in [0, 0.1) is 0 Å². The Morgan fingerprint density at radius 2 is 0.833 bits per heavy atom. The molecule has 0 aromatic rings. The molecule has 0 rings (SSSR count). The second-order valence-corrected chi connectivity index (χ2v) is 20.4. The highest BCUT2D eigenvalue weighted by Gasteiger charge is 2.42. The lowest BCUT2D eigenvalue weighted by Crippen LogP contribution is -2.45. The van der Waals surface area contributed by atoms with Crippen molar-refractivity contribution in [3.8, 4) is 0 Å². The number of carbonyl (C=O) groups excluding carboxylic acids is 2. The van der Waals surface area contributed by atoms with Crippen LogP contribution in [0.25, 0.3) is 0 Å². The van der Waals surface area contributed by atoms with Gasteiger partial charge >= 0.3 is 19.5 Å². The molecule has 0 bridgehead atoms. The highest BCUT2D eigenvalue weighted by Crippen LogP contribution is 2.51. The number of allylic oxidation sites excluding steroid dienone is 4. The van der Waals surface area contributed by atoms with E-state index < -0.39 is 25.5 Å². The molecule has 0 aliphatic carbocycles. The van der Waals surface area contributed by atoms with E-state index in [1.165, 1.54) is 148 Å². The van der Waals surface area contributed by atoms with Gasteiger partial charge < -0.3 is 23.4 Å². The van der Waals surface area contributed by atoms with Gasteiger partial charge in [0.1, 0.15) is 6.61 Å². The van der Waals surface area contributed by atoms with E-state index >= 15 is 0 Å². The fourth-order valence-corrected chi connectivity index (χ4v) is 9.74. The molecule has 60 heavy (non-hydrogen) atoms. The summed E-state index contributed by atoms with van der Waals surface area (Å²) in [7, 11) is 1.52. The van der Waals surface area contributed by atoms with Crippen molar-refractivity contribution < 1.29 is 37.5 Å². The number of hydrogen-bond donors (Lipinski definition) is 1. The van der Waals surface area contributed by atoms with E-state index in [4.69, 9.17) is 14.0 Å². The quantitative estimate of drug-likeness (QED) is 0.0214. The van der Waals surface area contributed by atoms with Crippen LogP contribution in [0.2, 0.25) is 0 Å². The molecule has 0 aromatic carbocycles. The number of unbranched alkanes of at least 4 members (excludes halogenated alkanes) is 28. The first-order chi connectivity index (χ1) is 29.0. The van der Waals surface area contributed by atoms with Crippen molar-refractivity contribution in [2.45, 2.75) is 257 Å². The predicted octanol–water partition coefficient (Wildman–Crippen LogP) is 15.5. The van der Waals surface area contributed by atoms with Gasteiger partial charge in [0.15, 0.2) is 11.9 Å². The number of nitrogens with zero attached hydrogens (tertiary/aromatic N) is 1. The fraction of sp³-hybridized carbons (Fsp3) is 0.882. The summed E-state index contributed by atoms with van der Waals surface area (Å²) in [6.45, 7) is 5.90. The number of hydrogen-bond acceptors (Lipinski definition) is 6. The zero-order valence-electron chi connectivity index (χ0n) is 40.4. The van der Waals surface area contributed by atoms with Gasteiger partial charge in [-0.25, -0.2) is 0 Å². The molecule has 8 nitrogen and oxygen atoms in total. The molecular formula is C51H99NO7P+. The van der Waals surface area contributed by atoms with Crippen LogP contribution in [0.3, 0.4) is 0 Å². The highest BCUT2D eigenvalue weighted by molar-refractivity contribution is 7.53. The smallest absolute Gasteiger partial charge is 0.385 e. The van der Waals surface area contributed by atoms with E-state index in [0.717, 1.165) is 57.8 Å². The van der Waals surface area contributed by atoms with Gasteiger partial charge in [-0.2, -0.15) is 0 Å². The fourth-order valence-electron chi connectivity index (χ4n) is 7.85. The maximum absolute atomic E-state index is 13.2. The SMILES string of the molecule is CCCCCCCC/C=C\CCCCCCCCCCCCCC(=O)OC[C@H](COP(=O)(O)C(CC)[N+](C)(C)C)OC(=O)CCCCCCC/C=C\CCCCCCCC. The Labute approximate surface area is 371 Å². The summed E-state index contributed by atoms with van der Waals surface area (Å²) in [4.78, 5) is 36.3. The van der Waals surface area contributed by atoms with E-state index in [9.17, 15) is 19.0 Å². The van der Waals surface area contributed by atoms with Crippen LogP contribution in [0.4, 0.5) is 0 Å². The molecule has 1 N–H and O–H groups in total. The van der Waals surface area contributed by atoms with Crippen molar-refractivity contribution in [2.75, 3.05) is 34.4 Å². The molecule has 2 unspecified atom stereocenters. The van der Waals surface area contributed by atoms with Crippen LogP contribution in [-0.4, -0.2) is 67.6 Å². The Hall–Kier alpha value is -1.47. The summed E-state index contributed by atoms with van der Waals surface area (Å²) >= 11 is 0. The first-order valence-electron chi connectivity index (χ1n) is 25.4. The average Bonchev–Trinajstić information content (AvgIpc) is 3.20. The Balaban J connectivity index is 4.31. The minimum atomic E-state index is -4.04. The third-order valence-electron chi connectivity index (χ3n) is 11.6. The standard InChI is InChI=1S/C51H98NO7P/c1-7-10-12-14-16-18-20-22-24-25-26-27-28-29-31-32-34-36-38-40-42-44-50(53)57-46-48(47-58-60(55,56)49(9-3)52(4,5)6)59-51(54)45-43-41-39-37-35-33-30-23-21-19-17-15-13-11-8-2/h22-24,30,48-49H,7-21,25-29,31-47H2,1-6H3/p+1/b24-22-,30-23-/t48-,49?/m1/s1. The largest absolute Gasteiger partial charge is 0.462 e. The molecule has 0 aromatic heterocycles. The maximum Gasteiger partial charge on any atom is 0.385 e. The monoisotopic (exact) mass is 869 g/mol. The highest BCUT2D eigenvalue weighted by atomic mass is 31.2. The zero-order valence-corrected chi connectivity index (χ0v) is 41.3. The summed E-state index contributed by atoms with van der Waals surface area (Å²) in [6.07, 6.45) is 48.7. The van der Waals surface area contributed by atoms with Gasteiger partial charge in [0.2, 0.25) is 0 Å².